The minimum Gasteiger partial charge on any atom is -0.345 e. The molecule has 32 heavy (non-hydrogen) atoms. The Bertz CT molecular complexity index is 1090. The van der Waals surface area contributed by atoms with Gasteiger partial charge in [0, 0.05) is 38.8 Å². The van der Waals surface area contributed by atoms with Gasteiger partial charge in [0.15, 0.2) is 5.13 Å². The van der Waals surface area contributed by atoms with Gasteiger partial charge in [-0.05, 0) is 42.5 Å². The van der Waals surface area contributed by atoms with Crippen molar-refractivity contribution in [1.82, 2.24) is 9.88 Å². The summed E-state index contributed by atoms with van der Waals surface area (Å²) in [5.41, 5.74) is -1.38. The molecule has 1 saturated carbocycles. The molecule has 1 aliphatic carbocycles. The Morgan fingerprint density at radius 2 is 1.88 bits per heavy atom. The lowest BCUT2D eigenvalue weighted by Crippen LogP contribution is -2.48. The highest BCUT2D eigenvalue weighted by Gasteiger charge is 2.32. The van der Waals surface area contributed by atoms with Crippen LogP contribution in [-0.4, -0.2) is 42.6 Å². The van der Waals surface area contributed by atoms with E-state index < -0.39 is 17.3 Å². The van der Waals surface area contributed by atoms with Crippen molar-refractivity contribution in [2.24, 2.45) is 5.92 Å². The number of nitriles is 1. The van der Waals surface area contributed by atoms with Gasteiger partial charge in [0.05, 0.1) is 21.7 Å². The predicted molar refractivity (Wildman–Crippen MR) is 121 cm³/mol. The molecule has 0 spiro atoms. The maximum absolute atomic E-state index is 13.3. The smallest absolute Gasteiger partial charge is 0.345 e. The van der Waals surface area contributed by atoms with Crippen LogP contribution in [0, 0.1) is 17.2 Å². The fourth-order valence-corrected chi connectivity index (χ4v) is 5.72. The summed E-state index contributed by atoms with van der Waals surface area (Å²) in [6, 6.07) is 3.65. The van der Waals surface area contributed by atoms with Gasteiger partial charge in [0.25, 0.3) is 5.56 Å². The minimum atomic E-state index is -4.59. The second-order valence-electron chi connectivity index (χ2n) is 8.50. The number of piperazine rings is 1. The number of benzene rings is 1. The van der Waals surface area contributed by atoms with Crippen molar-refractivity contribution in [3.8, 4) is 6.07 Å². The third-order valence-corrected chi connectivity index (χ3v) is 7.48. The zero-order valence-electron chi connectivity index (χ0n) is 17.7. The van der Waals surface area contributed by atoms with Crippen LogP contribution in [0.1, 0.15) is 43.2 Å². The van der Waals surface area contributed by atoms with E-state index in [4.69, 9.17) is 5.26 Å². The van der Waals surface area contributed by atoms with E-state index in [1.165, 1.54) is 49.5 Å². The van der Waals surface area contributed by atoms with E-state index in [1.807, 2.05) is 4.90 Å². The van der Waals surface area contributed by atoms with Gasteiger partial charge in [-0.3, -0.25) is 9.69 Å². The molecule has 0 radical (unpaired) electrons. The topological polar surface area (TPSA) is 60.2 Å². The predicted octanol–water partition coefficient (Wildman–Crippen LogP) is 4.91. The number of aromatic nitrogens is 1. The first kappa shape index (κ1) is 22.7. The summed E-state index contributed by atoms with van der Waals surface area (Å²) in [6.07, 6.45) is 4.42. The van der Waals surface area contributed by atoms with Gasteiger partial charge in [-0.2, -0.15) is 23.4 Å². The van der Waals surface area contributed by atoms with Crippen molar-refractivity contribution in [2.75, 3.05) is 37.6 Å². The molecule has 2 aliphatic rings. The minimum absolute atomic E-state index is 0.0675. The van der Waals surface area contributed by atoms with Crippen molar-refractivity contribution in [3.63, 3.8) is 0 Å². The Labute approximate surface area is 188 Å². The van der Waals surface area contributed by atoms with Crippen molar-refractivity contribution in [2.45, 2.75) is 38.3 Å². The monoisotopic (exact) mass is 462 g/mol. The summed E-state index contributed by atoms with van der Waals surface area (Å²) < 4.78 is 40.3. The SMILES string of the molecule is N#C/C=C/c1cc(C(F)(F)F)cc2c(=O)nc(N3CCN(CC4CCCCC4)CC3)sc12. The van der Waals surface area contributed by atoms with E-state index in [9.17, 15) is 18.0 Å². The molecule has 2 heterocycles. The maximum Gasteiger partial charge on any atom is 0.416 e. The fourth-order valence-electron chi connectivity index (χ4n) is 4.59. The molecular weight excluding hydrogens is 437 g/mol. The molecule has 0 N–H and O–H groups in total. The quantitative estimate of drug-likeness (QED) is 0.604. The van der Waals surface area contributed by atoms with Crippen LogP contribution in [0.2, 0.25) is 0 Å². The highest BCUT2D eigenvalue weighted by molar-refractivity contribution is 7.22. The van der Waals surface area contributed by atoms with Crippen molar-refractivity contribution >= 4 is 32.6 Å². The lowest BCUT2D eigenvalue weighted by atomic mass is 9.89. The summed E-state index contributed by atoms with van der Waals surface area (Å²) >= 11 is 1.21. The molecule has 0 unspecified atom stereocenters. The summed E-state index contributed by atoms with van der Waals surface area (Å²) in [5.74, 6) is 0.766. The Morgan fingerprint density at radius 3 is 2.53 bits per heavy atom. The van der Waals surface area contributed by atoms with Crippen LogP contribution in [0.5, 0.6) is 0 Å². The number of hydrogen-bond acceptors (Lipinski definition) is 6. The summed E-state index contributed by atoms with van der Waals surface area (Å²) in [6.45, 7) is 4.32. The summed E-state index contributed by atoms with van der Waals surface area (Å²) in [7, 11) is 0. The van der Waals surface area contributed by atoms with Gasteiger partial charge in [0.2, 0.25) is 0 Å². The third-order valence-electron chi connectivity index (χ3n) is 6.29. The molecule has 1 aromatic heterocycles. The summed E-state index contributed by atoms with van der Waals surface area (Å²) in [4.78, 5) is 21.3. The van der Waals surface area contributed by atoms with E-state index in [-0.39, 0.29) is 10.9 Å². The number of fused-ring (bicyclic) bond motifs is 1. The first-order valence-corrected chi connectivity index (χ1v) is 11.8. The van der Waals surface area contributed by atoms with E-state index in [1.54, 1.807) is 6.07 Å². The highest BCUT2D eigenvalue weighted by atomic mass is 32.1. The molecule has 5 nitrogen and oxygen atoms in total. The van der Waals surface area contributed by atoms with Crippen LogP contribution in [0.3, 0.4) is 0 Å². The largest absolute Gasteiger partial charge is 0.416 e. The number of hydrogen-bond donors (Lipinski definition) is 0. The number of allylic oxidation sites excluding steroid dienone is 1. The number of nitrogens with zero attached hydrogens (tertiary/aromatic N) is 4. The Morgan fingerprint density at radius 1 is 1.16 bits per heavy atom. The molecule has 1 saturated heterocycles. The molecule has 1 aromatic carbocycles. The van der Waals surface area contributed by atoms with Crippen molar-refractivity contribution < 1.29 is 13.2 Å². The van der Waals surface area contributed by atoms with Crippen LogP contribution in [-0.2, 0) is 6.18 Å². The van der Waals surface area contributed by atoms with Gasteiger partial charge >= 0.3 is 6.18 Å². The average molecular weight is 463 g/mol. The third kappa shape index (κ3) is 5.13. The van der Waals surface area contributed by atoms with Crippen LogP contribution < -0.4 is 10.5 Å². The van der Waals surface area contributed by atoms with Gasteiger partial charge in [-0.15, -0.1) is 0 Å². The van der Waals surface area contributed by atoms with Gasteiger partial charge in [-0.1, -0.05) is 30.6 Å². The molecule has 2 fully saturated rings. The molecule has 0 atom stereocenters. The van der Waals surface area contributed by atoms with Crippen LogP contribution >= 0.6 is 11.3 Å². The molecule has 4 rings (SSSR count). The van der Waals surface area contributed by atoms with Gasteiger partial charge in [0.1, 0.15) is 0 Å². The zero-order valence-corrected chi connectivity index (χ0v) is 18.5. The highest BCUT2D eigenvalue weighted by Crippen LogP contribution is 2.36. The van der Waals surface area contributed by atoms with E-state index in [2.05, 4.69) is 9.88 Å². The van der Waals surface area contributed by atoms with Gasteiger partial charge in [-0.25, -0.2) is 0 Å². The van der Waals surface area contributed by atoms with Crippen LogP contribution in [0.15, 0.2) is 23.0 Å². The van der Waals surface area contributed by atoms with Crippen molar-refractivity contribution in [3.05, 3.63) is 39.7 Å². The Hall–Kier alpha value is -2.44. The Kier molecular flexibility index (Phi) is 6.82. The first-order chi connectivity index (χ1) is 15.3. The molecule has 0 amide bonds. The lowest BCUT2D eigenvalue weighted by molar-refractivity contribution is -0.137. The molecule has 9 heteroatoms. The standard InChI is InChI=1S/C23H25F3N4OS/c24-23(25,26)18-13-17(7-4-8-27)20-19(14-18)21(31)28-22(32-20)30-11-9-29(10-12-30)15-16-5-2-1-3-6-16/h4,7,13-14,16H,1-3,5-6,9-12,15H2/b7-4+. The van der Waals surface area contributed by atoms with E-state index in [0.717, 1.165) is 56.9 Å². The second kappa shape index (κ2) is 9.59. The van der Waals surface area contributed by atoms with E-state index >= 15 is 0 Å². The van der Waals surface area contributed by atoms with Crippen LogP contribution in [0.25, 0.3) is 16.2 Å². The Balaban J connectivity index is 1.58. The molecule has 0 bridgehead atoms. The fraction of sp³-hybridized carbons (Fsp3) is 0.522. The normalized spacial score (nSPS) is 19.0. The zero-order chi connectivity index (χ0) is 22.7. The van der Waals surface area contributed by atoms with E-state index in [0.29, 0.717) is 9.83 Å². The van der Waals surface area contributed by atoms with Crippen LogP contribution in [0.4, 0.5) is 18.3 Å². The van der Waals surface area contributed by atoms with Crippen molar-refractivity contribution in [1.29, 1.82) is 5.26 Å². The molecule has 2 aromatic rings. The number of alkyl halides is 3. The number of halogens is 3. The average Bonchev–Trinajstić information content (AvgIpc) is 2.78. The molecular formula is C23H25F3N4OS. The number of rotatable bonds is 4. The lowest BCUT2D eigenvalue weighted by Gasteiger charge is -2.37. The van der Waals surface area contributed by atoms with Gasteiger partial charge < -0.3 is 4.90 Å². The second-order valence-corrected chi connectivity index (χ2v) is 9.47. The summed E-state index contributed by atoms with van der Waals surface area (Å²) in [5, 5.41) is 9.29. The first-order valence-electron chi connectivity index (χ1n) is 10.9. The molecule has 170 valence electrons. The molecule has 1 aliphatic heterocycles. The maximum atomic E-state index is 13.3. The number of anilines is 1.